The Morgan fingerprint density at radius 1 is 1.24 bits per heavy atom. The Morgan fingerprint density at radius 3 is 2.57 bits per heavy atom. The van der Waals surface area contributed by atoms with Gasteiger partial charge in [0.15, 0.2) is 5.82 Å². The summed E-state index contributed by atoms with van der Waals surface area (Å²) in [5, 5.41) is 2.34. The topological polar surface area (TPSA) is 92.9 Å². The van der Waals surface area contributed by atoms with Gasteiger partial charge in [-0.3, -0.25) is 15.6 Å². The van der Waals surface area contributed by atoms with Gasteiger partial charge in [-0.15, -0.1) is 0 Å². The number of halogens is 3. The normalized spacial score (nSPS) is 11.0. The van der Waals surface area contributed by atoms with Crippen molar-refractivity contribution in [1.82, 2.24) is 9.97 Å². The van der Waals surface area contributed by atoms with Crippen molar-refractivity contribution in [3.05, 3.63) is 47.9 Å². The zero-order chi connectivity index (χ0) is 15.5. The van der Waals surface area contributed by atoms with Crippen LogP contribution in [0.5, 0.6) is 0 Å². The molecule has 1 aromatic heterocycles. The van der Waals surface area contributed by atoms with Gasteiger partial charge in [0.1, 0.15) is 0 Å². The molecule has 0 spiro atoms. The highest BCUT2D eigenvalue weighted by atomic mass is 19.4. The number of alkyl halides is 3. The maximum absolute atomic E-state index is 12.7. The molecule has 0 unspecified atom stereocenters. The van der Waals surface area contributed by atoms with Crippen molar-refractivity contribution in [2.75, 3.05) is 10.7 Å². The Labute approximate surface area is 117 Å². The van der Waals surface area contributed by atoms with Gasteiger partial charge in [0.05, 0.1) is 23.0 Å². The number of hydrogen-bond donors (Lipinski definition) is 3. The quantitative estimate of drug-likeness (QED) is 0.595. The number of hydrogen-bond acceptors (Lipinski definition) is 5. The molecule has 4 N–H and O–H groups in total. The number of nitrogens with zero attached hydrogens (tertiary/aromatic N) is 2. The van der Waals surface area contributed by atoms with E-state index in [0.29, 0.717) is 6.07 Å². The summed E-state index contributed by atoms with van der Waals surface area (Å²) in [7, 11) is 0. The SMILES string of the molecule is NNc1ccc(C(F)(F)F)cc1C(=O)Nc1cnccn1. The third-order valence-corrected chi connectivity index (χ3v) is 2.55. The number of nitrogens with two attached hydrogens (primary N) is 1. The first-order valence-corrected chi connectivity index (χ1v) is 5.67. The average molecular weight is 297 g/mol. The number of carbonyl (C=O) groups excluding carboxylic acids is 1. The predicted molar refractivity (Wildman–Crippen MR) is 69.2 cm³/mol. The smallest absolute Gasteiger partial charge is 0.323 e. The Kier molecular flexibility index (Phi) is 4.03. The van der Waals surface area contributed by atoms with E-state index >= 15 is 0 Å². The van der Waals surface area contributed by atoms with Crippen molar-refractivity contribution in [3.63, 3.8) is 0 Å². The lowest BCUT2D eigenvalue weighted by atomic mass is 10.1. The molecule has 9 heteroatoms. The van der Waals surface area contributed by atoms with Crippen molar-refractivity contribution in [1.29, 1.82) is 0 Å². The fourth-order valence-electron chi connectivity index (χ4n) is 1.58. The first-order valence-electron chi connectivity index (χ1n) is 5.67. The van der Waals surface area contributed by atoms with Crippen LogP contribution in [0.25, 0.3) is 0 Å². The Bertz CT molecular complexity index is 645. The number of carbonyl (C=O) groups is 1. The largest absolute Gasteiger partial charge is 0.416 e. The summed E-state index contributed by atoms with van der Waals surface area (Å²) >= 11 is 0. The minimum Gasteiger partial charge on any atom is -0.323 e. The van der Waals surface area contributed by atoms with Gasteiger partial charge in [-0.05, 0) is 18.2 Å². The second kappa shape index (κ2) is 5.75. The van der Waals surface area contributed by atoms with Crippen LogP contribution in [0.2, 0.25) is 0 Å². The summed E-state index contributed by atoms with van der Waals surface area (Å²) in [5.41, 5.74) is 1.03. The number of nitrogen functional groups attached to an aromatic ring is 1. The fourth-order valence-corrected chi connectivity index (χ4v) is 1.58. The Hall–Kier alpha value is -2.68. The monoisotopic (exact) mass is 297 g/mol. The van der Waals surface area contributed by atoms with Gasteiger partial charge in [0.2, 0.25) is 0 Å². The van der Waals surface area contributed by atoms with Crippen LogP contribution in [0.4, 0.5) is 24.7 Å². The summed E-state index contributed by atoms with van der Waals surface area (Å²) in [6, 6.07) is 2.61. The average Bonchev–Trinajstić information content (AvgIpc) is 2.46. The summed E-state index contributed by atoms with van der Waals surface area (Å²) in [6.45, 7) is 0. The van der Waals surface area contributed by atoms with Gasteiger partial charge in [-0.2, -0.15) is 13.2 Å². The number of anilines is 2. The molecule has 2 rings (SSSR count). The van der Waals surface area contributed by atoms with Crippen LogP contribution in [-0.4, -0.2) is 15.9 Å². The molecule has 21 heavy (non-hydrogen) atoms. The van der Waals surface area contributed by atoms with Crippen LogP contribution < -0.4 is 16.6 Å². The predicted octanol–water partition coefficient (Wildman–Crippen LogP) is 2.03. The summed E-state index contributed by atoms with van der Waals surface area (Å²) < 4.78 is 38.1. The highest BCUT2D eigenvalue weighted by Crippen LogP contribution is 2.31. The molecule has 0 atom stereocenters. The van der Waals surface area contributed by atoms with Gasteiger partial charge < -0.3 is 10.7 Å². The molecule has 2 aromatic rings. The second-order valence-corrected chi connectivity index (χ2v) is 3.95. The van der Waals surface area contributed by atoms with E-state index < -0.39 is 17.6 Å². The number of nitrogens with one attached hydrogen (secondary N) is 2. The molecular formula is C12H10F3N5O. The Balaban J connectivity index is 2.34. The second-order valence-electron chi connectivity index (χ2n) is 3.95. The van der Waals surface area contributed by atoms with Gasteiger partial charge in [0.25, 0.3) is 5.91 Å². The van der Waals surface area contributed by atoms with E-state index in [1.807, 2.05) is 0 Å². The van der Waals surface area contributed by atoms with E-state index in [9.17, 15) is 18.0 Å². The molecule has 0 aliphatic rings. The van der Waals surface area contributed by atoms with Crippen molar-refractivity contribution < 1.29 is 18.0 Å². The van der Waals surface area contributed by atoms with Crippen LogP contribution in [0, 0.1) is 0 Å². The van der Waals surface area contributed by atoms with Gasteiger partial charge in [-0.1, -0.05) is 0 Å². The highest BCUT2D eigenvalue weighted by Gasteiger charge is 2.31. The van der Waals surface area contributed by atoms with E-state index in [2.05, 4.69) is 20.7 Å². The molecule has 0 fully saturated rings. The zero-order valence-electron chi connectivity index (χ0n) is 10.5. The van der Waals surface area contributed by atoms with E-state index in [-0.39, 0.29) is 17.1 Å². The minimum atomic E-state index is -4.56. The molecule has 110 valence electrons. The molecule has 0 aliphatic carbocycles. The summed E-state index contributed by atoms with van der Waals surface area (Å²) in [6.07, 6.45) is -0.563. The number of amides is 1. The number of benzene rings is 1. The van der Waals surface area contributed by atoms with Crippen molar-refractivity contribution in [2.45, 2.75) is 6.18 Å². The van der Waals surface area contributed by atoms with E-state index in [0.717, 1.165) is 12.1 Å². The summed E-state index contributed by atoms with van der Waals surface area (Å²) in [5.74, 6) is 4.53. The zero-order valence-corrected chi connectivity index (χ0v) is 10.5. The van der Waals surface area contributed by atoms with Crippen LogP contribution in [0.15, 0.2) is 36.8 Å². The van der Waals surface area contributed by atoms with Crippen LogP contribution in [-0.2, 0) is 6.18 Å². The lowest BCUT2D eigenvalue weighted by Gasteiger charge is -2.12. The molecule has 0 bridgehead atoms. The van der Waals surface area contributed by atoms with Gasteiger partial charge >= 0.3 is 6.18 Å². The van der Waals surface area contributed by atoms with Crippen LogP contribution in [0.1, 0.15) is 15.9 Å². The number of rotatable bonds is 3. The number of aromatic nitrogens is 2. The molecule has 0 radical (unpaired) electrons. The molecule has 1 aromatic carbocycles. The standard InChI is InChI=1S/C12H10F3N5O/c13-12(14,15)7-1-2-9(20-16)8(5-7)11(21)19-10-6-17-3-4-18-10/h1-6,20H,16H2,(H,18,19,21). The Morgan fingerprint density at radius 2 is 2.00 bits per heavy atom. The highest BCUT2D eigenvalue weighted by molar-refractivity contribution is 6.07. The van der Waals surface area contributed by atoms with E-state index in [1.165, 1.54) is 18.6 Å². The van der Waals surface area contributed by atoms with Gasteiger partial charge in [0, 0.05) is 12.4 Å². The molecule has 0 saturated heterocycles. The molecule has 1 amide bonds. The lowest BCUT2D eigenvalue weighted by molar-refractivity contribution is -0.137. The fraction of sp³-hybridized carbons (Fsp3) is 0.0833. The van der Waals surface area contributed by atoms with Crippen molar-refractivity contribution >= 4 is 17.4 Å². The minimum absolute atomic E-state index is 0.0596. The first kappa shape index (κ1) is 14.7. The molecule has 1 heterocycles. The lowest BCUT2D eigenvalue weighted by Crippen LogP contribution is -2.19. The molecular weight excluding hydrogens is 287 g/mol. The van der Waals surface area contributed by atoms with Crippen LogP contribution >= 0.6 is 0 Å². The van der Waals surface area contributed by atoms with E-state index in [1.54, 1.807) is 0 Å². The molecule has 0 saturated carbocycles. The van der Waals surface area contributed by atoms with Crippen molar-refractivity contribution in [2.24, 2.45) is 5.84 Å². The third-order valence-electron chi connectivity index (χ3n) is 2.55. The molecule has 6 nitrogen and oxygen atoms in total. The maximum atomic E-state index is 12.7. The summed E-state index contributed by atoms with van der Waals surface area (Å²) in [4.78, 5) is 19.6. The van der Waals surface area contributed by atoms with Gasteiger partial charge in [-0.25, -0.2) is 4.98 Å². The maximum Gasteiger partial charge on any atom is 0.416 e. The third kappa shape index (κ3) is 3.45. The first-order chi connectivity index (χ1) is 9.91. The molecule has 0 aliphatic heterocycles. The number of hydrazine groups is 1. The van der Waals surface area contributed by atoms with E-state index in [4.69, 9.17) is 5.84 Å². The van der Waals surface area contributed by atoms with Crippen LogP contribution in [0.3, 0.4) is 0 Å². The van der Waals surface area contributed by atoms with Crippen molar-refractivity contribution in [3.8, 4) is 0 Å².